The lowest BCUT2D eigenvalue weighted by atomic mass is 9.92. The average Bonchev–Trinajstić information content (AvgIpc) is 3.10. The molecule has 1 aliphatic heterocycles. The number of likely N-dealkylation sites (tertiary alicyclic amines) is 1. The summed E-state index contributed by atoms with van der Waals surface area (Å²) >= 11 is 0. The maximum absolute atomic E-state index is 10.8. The molecule has 1 aromatic carbocycles. The highest BCUT2D eigenvalue weighted by molar-refractivity contribution is 5.66. The van der Waals surface area contributed by atoms with Gasteiger partial charge < -0.3 is 9.52 Å². The number of piperidine rings is 1. The molecule has 1 aliphatic rings. The summed E-state index contributed by atoms with van der Waals surface area (Å²) in [5.74, 6) is 1.26. The fourth-order valence-corrected chi connectivity index (χ4v) is 3.39. The lowest BCUT2D eigenvalue weighted by Gasteiger charge is -2.35. The third-order valence-electron chi connectivity index (χ3n) is 4.80. The van der Waals surface area contributed by atoms with Gasteiger partial charge in [0.25, 0.3) is 0 Å². The Morgan fingerprint density at radius 1 is 1.42 bits per heavy atom. The molecule has 2 atom stereocenters. The van der Waals surface area contributed by atoms with Gasteiger partial charge >= 0.3 is 5.97 Å². The van der Waals surface area contributed by atoms with Gasteiger partial charge in [0, 0.05) is 18.5 Å². The van der Waals surface area contributed by atoms with Crippen LogP contribution in [0.15, 0.2) is 40.9 Å². The second kappa shape index (κ2) is 7.62. The zero-order valence-electron chi connectivity index (χ0n) is 14.0. The van der Waals surface area contributed by atoms with Crippen LogP contribution >= 0.6 is 0 Å². The fraction of sp³-hybridized carbons (Fsp3) is 0.474. The van der Waals surface area contributed by atoms with Crippen LogP contribution in [-0.4, -0.2) is 34.0 Å². The second-order valence-corrected chi connectivity index (χ2v) is 6.54. The SMILES string of the molecule is CC(c1ncc(-c2ccccc2)o1)N1CCCC(CCC(=O)O)C1. The molecule has 24 heavy (non-hydrogen) atoms. The van der Waals surface area contributed by atoms with Crippen molar-refractivity contribution in [1.29, 1.82) is 0 Å². The minimum absolute atomic E-state index is 0.107. The summed E-state index contributed by atoms with van der Waals surface area (Å²) in [4.78, 5) is 17.6. The summed E-state index contributed by atoms with van der Waals surface area (Å²) in [7, 11) is 0. The van der Waals surface area contributed by atoms with Crippen molar-refractivity contribution in [2.75, 3.05) is 13.1 Å². The molecule has 3 rings (SSSR count). The maximum Gasteiger partial charge on any atom is 0.303 e. The summed E-state index contributed by atoms with van der Waals surface area (Å²) < 4.78 is 5.97. The molecule has 2 heterocycles. The summed E-state index contributed by atoms with van der Waals surface area (Å²) in [5.41, 5.74) is 1.03. The molecule has 1 N–H and O–H groups in total. The topological polar surface area (TPSA) is 66.6 Å². The van der Waals surface area contributed by atoms with Gasteiger partial charge in [0.15, 0.2) is 5.76 Å². The number of carboxylic acids is 1. The number of aliphatic carboxylic acids is 1. The molecule has 5 nitrogen and oxygen atoms in total. The Morgan fingerprint density at radius 2 is 2.21 bits per heavy atom. The molecule has 0 radical (unpaired) electrons. The smallest absolute Gasteiger partial charge is 0.303 e. The lowest BCUT2D eigenvalue weighted by Crippen LogP contribution is -2.37. The number of rotatable bonds is 6. The number of nitrogens with zero attached hydrogens (tertiary/aromatic N) is 2. The van der Waals surface area contributed by atoms with Gasteiger partial charge in [-0.05, 0) is 38.6 Å². The Bertz CT molecular complexity index is 668. The van der Waals surface area contributed by atoms with E-state index in [2.05, 4.69) is 16.8 Å². The molecule has 2 unspecified atom stereocenters. The molecule has 0 aliphatic carbocycles. The zero-order chi connectivity index (χ0) is 16.9. The van der Waals surface area contributed by atoms with Crippen LogP contribution in [0.4, 0.5) is 0 Å². The van der Waals surface area contributed by atoms with E-state index >= 15 is 0 Å². The quantitative estimate of drug-likeness (QED) is 0.869. The van der Waals surface area contributed by atoms with Gasteiger partial charge in [0.2, 0.25) is 5.89 Å². The van der Waals surface area contributed by atoms with E-state index in [0.717, 1.165) is 49.6 Å². The summed E-state index contributed by atoms with van der Waals surface area (Å²) in [6, 6.07) is 10.1. The van der Waals surface area contributed by atoms with Gasteiger partial charge in [-0.3, -0.25) is 9.69 Å². The summed E-state index contributed by atoms with van der Waals surface area (Å²) in [6.45, 7) is 4.03. The number of carboxylic acid groups (broad SMARTS) is 1. The number of aromatic nitrogens is 1. The minimum Gasteiger partial charge on any atom is -0.481 e. The number of benzene rings is 1. The van der Waals surface area contributed by atoms with Crippen LogP contribution in [0.1, 0.15) is 44.5 Å². The van der Waals surface area contributed by atoms with E-state index in [1.807, 2.05) is 30.3 Å². The molecule has 0 bridgehead atoms. The summed E-state index contributed by atoms with van der Waals surface area (Å²) in [5, 5.41) is 8.87. The van der Waals surface area contributed by atoms with Crippen molar-refractivity contribution >= 4 is 5.97 Å². The third kappa shape index (κ3) is 4.03. The van der Waals surface area contributed by atoms with Crippen molar-refractivity contribution < 1.29 is 14.3 Å². The van der Waals surface area contributed by atoms with E-state index in [9.17, 15) is 4.79 Å². The van der Waals surface area contributed by atoms with Crippen LogP contribution in [-0.2, 0) is 4.79 Å². The van der Waals surface area contributed by atoms with Crippen molar-refractivity contribution in [1.82, 2.24) is 9.88 Å². The molecular weight excluding hydrogens is 304 g/mol. The monoisotopic (exact) mass is 328 g/mol. The molecule has 1 aromatic heterocycles. The van der Waals surface area contributed by atoms with Crippen molar-refractivity contribution in [2.24, 2.45) is 5.92 Å². The Hall–Kier alpha value is -2.14. The van der Waals surface area contributed by atoms with E-state index in [4.69, 9.17) is 9.52 Å². The van der Waals surface area contributed by atoms with Crippen LogP contribution in [0.3, 0.4) is 0 Å². The Labute approximate surface area is 142 Å². The van der Waals surface area contributed by atoms with Gasteiger partial charge in [-0.1, -0.05) is 30.3 Å². The molecular formula is C19H24N2O3. The van der Waals surface area contributed by atoms with Gasteiger partial charge in [0.1, 0.15) is 0 Å². The standard InChI is InChI=1S/C19H24N2O3/c1-14(21-11-5-6-15(13-21)9-10-18(22)23)19-20-12-17(24-19)16-7-3-2-4-8-16/h2-4,7-8,12,14-15H,5-6,9-11,13H2,1H3,(H,22,23). The van der Waals surface area contributed by atoms with Crippen molar-refractivity contribution in [3.63, 3.8) is 0 Å². The van der Waals surface area contributed by atoms with Gasteiger partial charge in [-0.15, -0.1) is 0 Å². The van der Waals surface area contributed by atoms with Crippen molar-refractivity contribution in [3.8, 4) is 11.3 Å². The normalized spacial score (nSPS) is 20.0. The van der Waals surface area contributed by atoms with E-state index in [1.165, 1.54) is 0 Å². The number of hydrogen-bond donors (Lipinski definition) is 1. The number of oxazole rings is 1. The Balaban J connectivity index is 1.64. The molecule has 128 valence electrons. The van der Waals surface area contributed by atoms with Crippen LogP contribution < -0.4 is 0 Å². The zero-order valence-corrected chi connectivity index (χ0v) is 14.0. The first-order chi connectivity index (χ1) is 11.6. The van der Waals surface area contributed by atoms with E-state index in [1.54, 1.807) is 6.20 Å². The highest BCUT2D eigenvalue weighted by Crippen LogP contribution is 2.30. The first kappa shape index (κ1) is 16.7. The van der Waals surface area contributed by atoms with Crippen LogP contribution in [0, 0.1) is 5.92 Å². The van der Waals surface area contributed by atoms with E-state index in [0.29, 0.717) is 5.92 Å². The predicted octanol–water partition coefficient (Wildman–Crippen LogP) is 3.98. The number of hydrogen-bond acceptors (Lipinski definition) is 4. The van der Waals surface area contributed by atoms with E-state index in [-0.39, 0.29) is 12.5 Å². The third-order valence-corrected chi connectivity index (χ3v) is 4.80. The van der Waals surface area contributed by atoms with Crippen LogP contribution in [0.2, 0.25) is 0 Å². The molecule has 1 saturated heterocycles. The largest absolute Gasteiger partial charge is 0.481 e. The lowest BCUT2D eigenvalue weighted by molar-refractivity contribution is -0.137. The molecule has 1 fully saturated rings. The van der Waals surface area contributed by atoms with Crippen molar-refractivity contribution in [3.05, 3.63) is 42.4 Å². The van der Waals surface area contributed by atoms with Crippen LogP contribution in [0.25, 0.3) is 11.3 Å². The van der Waals surface area contributed by atoms with Crippen molar-refractivity contribution in [2.45, 2.75) is 38.6 Å². The minimum atomic E-state index is -0.708. The number of carbonyl (C=O) groups is 1. The molecule has 0 amide bonds. The molecule has 0 saturated carbocycles. The molecule has 0 spiro atoms. The predicted molar refractivity (Wildman–Crippen MR) is 91.5 cm³/mol. The Morgan fingerprint density at radius 3 is 2.96 bits per heavy atom. The van der Waals surface area contributed by atoms with Gasteiger partial charge in [-0.25, -0.2) is 4.98 Å². The fourth-order valence-electron chi connectivity index (χ4n) is 3.39. The van der Waals surface area contributed by atoms with E-state index < -0.39 is 5.97 Å². The first-order valence-corrected chi connectivity index (χ1v) is 8.60. The highest BCUT2D eigenvalue weighted by atomic mass is 16.4. The summed E-state index contributed by atoms with van der Waals surface area (Å²) in [6.07, 6.45) is 4.99. The Kier molecular flexibility index (Phi) is 5.30. The maximum atomic E-state index is 10.8. The van der Waals surface area contributed by atoms with Gasteiger partial charge in [0.05, 0.1) is 12.2 Å². The average molecular weight is 328 g/mol. The molecule has 2 aromatic rings. The second-order valence-electron chi connectivity index (χ2n) is 6.54. The highest BCUT2D eigenvalue weighted by Gasteiger charge is 2.27. The first-order valence-electron chi connectivity index (χ1n) is 8.60. The molecule has 5 heteroatoms. The van der Waals surface area contributed by atoms with Gasteiger partial charge in [-0.2, -0.15) is 0 Å². The van der Waals surface area contributed by atoms with Crippen LogP contribution in [0.5, 0.6) is 0 Å².